The van der Waals surface area contributed by atoms with Gasteiger partial charge in [0, 0.05) is 31.4 Å². The predicted octanol–water partition coefficient (Wildman–Crippen LogP) is 1.03. The molecule has 1 fully saturated rings. The molecule has 1 atom stereocenters. The highest BCUT2D eigenvalue weighted by Gasteiger charge is 2.27. The second-order valence-electron chi connectivity index (χ2n) is 5.21. The number of benzene rings is 1. The molecular formula is C14H20ClN3O. The van der Waals surface area contributed by atoms with Gasteiger partial charge in [0.25, 0.3) is 0 Å². The zero-order valence-electron chi connectivity index (χ0n) is 10.9. The number of hydrogen-bond donors (Lipinski definition) is 1. The average molecular weight is 282 g/mol. The second kappa shape index (κ2) is 5.90. The summed E-state index contributed by atoms with van der Waals surface area (Å²) in [6, 6.07) is 8.41. The van der Waals surface area contributed by atoms with Crippen molar-refractivity contribution in [3.05, 3.63) is 29.8 Å². The summed E-state index contributed by atoms with van der Waals surface area (Å²) in [4.78, 5) is 16.4. The lowest BCUT2D eigenvalue weighted by atomic mass is 10.2. The van der Waals surface area contributed by atoms with Crippen LogP contribution in [-0.4, -0.2) is 43.0 Å². The van der Waals surface area contributed by atoms with E-state index in [0.29, 0.717) is 6.54 Å². The lowest BCUT2D eigenvalue weighted by molar-refractivity contribution is -0.119. The van der Waals surface area contributed by atoms with E-state index in [4.69, 9.17) is 5.73 Å². The Hall–Kier alpha value is -1.10. The zero-order chi connectivity index (χ0) is 12.5. The van der Waals surface area contributed by atoms with E-state index in [1.807, 2.05) is 23.1 Å². The number of carbonyl (C=O) groups is 1. The molecule has 2 heterocycles. The predicted molar refractivity (Wildman–Crippen MR) is 78.8 cm³/mol. The van der Waals surface area contributed by atoms with Crippen LogP contribution in [0.4, 0.5) is 5.69 Å². The highest BCUT2D eigenvalue weighted by molar-refractivity contribution is 5.96. The Morgan fingerprint density at radius 2 is 2.11 bits per heavy atom. The molecule has 5 heteroatoms. The number of amides is 1. The van der Waals surface area contributed by atoms with Gasteiger partial charge in [-0.05, 0) is 24.5 Å². The number of nitrogens with two attached hydrogens (primary N) is 1. The number of likely N-dealkylation sites (tertiary alicyclic amines) is 1. The summed E-state index contributed by atoms with van der Waals surface area (Å²) in [5.41, 5.74) is 8.23. The van der Waals surface area contributed by atoms with Gasteiger partial charge >= 0.3 is 0 Å². The molecule has 0 aromatic heterocycles. The van der Waals surface area contributed by atoms with Gasteiger partial charge in [-0.1, -0.05) is 18.2 Å². The summed E-state index contributed by atoms with van der Waals surface area (Å²) >= 11 is 0. The standard InChI is InChI=1S/C14H19N3O.ClH/c15-12-6-7-16(9-12)10-14(18)17-8-5-11-3-1-2-4-13(11)17;/h1-4,12H,5-10,15H2;1H/t12-;/m1./s1. The third-order valence-corrected chi connectivity index (χ3v) is 3.86. The molecular weight excluding hydrogens is 262 g/mol. The largest absolute Gasteiger partial charge is 0.326 e. The Morgan fingerprint density at radius 3 is 2.84 bits per heavy atom. The van der Waals surface area contributed by atoms with Crippen LogP contribution in [0.15, 0.2) is 24.3 Å². The minimum atomic E-state index is 0. The molecule has 1 saturated heterocycles. The fourth-order valence-electron chi connectivity index (χ4n) is 2.88. The Morgan fingerprint density at radius 1 is 1.32 bits per heavy atom. The highest BCUT2D eigenvalue weighted by atomic mass is 35.5. The first-order chi connectivity index (χ1) is 8.74. The van der Waals surface area contributed by atoms with E-state index in [0.717, 1.165) is 38.2 Å². The molecule has 1 aromatic carbocycles. The summed E-state index contributed by atoms with van der Waals surface area (Å²) in [7, 11) is 0. The summed E-state index contributed by atoms with van der Waals surface area (Å²) < 4.78 is 0. The van der Waals surface area contributed by atoms with Gasteiger partial charge in [-0.2, -0.15) is 0 Å². The van der Waals surface area contributed by atoms with Crippen molar-refractivity contribution in [2.24, 2.45) is 5.73 Å². The van der Waals surface area contributed by atoms with Gasteiger partial charge in [0.2, 0.25) is 5.91 Å². The third kappa shape index (κ3) is 2.91. The Kier molecular flexibility index (Phi) is 4.45. The van der Waals surface area contributed by atoms with E-state index in [1.165, 1.54) is 5.56 Å². The van der Waals surface area contributed by atoms with E-state index < -0.39 is 0 Å². The molecule has 0 aliphatic carbocycles. The van der Waals surface area contributed by atoms with Crippen molar-refractivity contribution in [2.45, 2.75) is 18.9 Å². The summed E-state index contributed by atoms with van der Waals surface area (Å²) in [5.74, 6) is 0.203. The SMILES string of the molecule is Cl.N[C@@H]1CCN(CC(=O)N2CCc3ccccc32)C1. The molecule has 4 nitrogen and oxygen atoms in total. The molecule has 2 aliphatic rings. The highest BCUT2D eigenvalue weighted by Crippen LogP contribution is 2.27. The Labute approximate surface area is 120 Å². The number of anilines is 1. The van der Waals surface area contributed by atoms with E-state index in [1.54, 1.807) is 0 Å². The third-order valence-electron chi connectivity index (χ3n) is 3.86. The summed E-state index contributed by atoms with van der Waals surface area (Å²) in [5, 5.41) is 0. The molecule has 104 valence electrons. The van der Waals surface area contributed by atoms with Crippen LogP contribution < -0.4 is 10.6 Å². The van der Waals surface area contributed by atoms with Gasteiger partial charge in [-0.25, -0.2) is 0 Å². The van der Waals surface area contributed by atoms with Crippen molar-refractivity contribution in [2.75, 3.05) is 31.1 Å². The number of hydrogen-bond acceptors (Lipinski definition) is 3. The normalized spacial score (nSPS) is 22.2. The van der Waals surface area contributed by atoms with Crippen LogP contribution in [-0.2, 0) is 11.2 Å². The van der Waals surface area contributed by atoms with E-state index >= 15 is 0 Å². The van der Waals surface area contributed by atoms with Crippen molar-refractivity contribution in [3.8, 4) is 0 Å². The maximum absolute atomic E-state index is 12.3. The molecule has 0 radical (unpaired) electrons. The molecule has 2 aliphatic heterocycles. The van der Waals surface area contributed by atoms with E-state index in [9.17, 15) is 4.79 Å². The van der Waals surface area contributed by atoms with Crippen LogP contribution in [0.2, 0.25) is 0 Å². The first-order valence-electron chi connectivity index (χ1n) is 6.60. The van der Waals surface area contributed by atoms with Crippen LogP contribution in [0.25, 0.3) is 0 Å². The number of para-hydroxylation sites is 1. The molecule has 0 saturated carbocycles. The van der Waals surface area contributed by atoms with Crippen molar-refractivity contribution >= 4 is 24.0 Å². The summed E-state index contributed by atoms with van der Waals surface area (Å²) in [6.45, 7) is 3.11. The maximum atomic E-state index is 12.3. The van der Waals surface area contributed by atoms with Gasteiger partial charge in [0.1, 0.15) is 0 Å². The van der Waals surface area contributed by atoms with Gasteiger partial charge in [0.05, 0.1) is 6.54 Å². The van der Waals surface area contributed by atoms with E-state index in [2.05, 4.69) is 11.0 Å². The lowest BCUT2D eigenvalue weighted by Gasteiger charge is -2.21. The molecule has 1 aromatic rings. The molecule has 19 heavy (non-hydrogen) atoms. The quantitative estimate of drug-likeness (QED) is 0.881. The monoisotopic (exact) mass is 281 g/mol. The molecule has 0 unspecified atom stereocenters. The Balaban J connectivity index is 0.00000133. The minimum Gasteiger partial charge on any atom is -0.326 e. The number of nitrogens with zero attached hydrogens (tertiary/aromatic N) is 2. The van der Waals surface area contributed by atoms with Crippen molar-refractivity contribution in [3.63, 3.8) is 0 Å². The number of carbonyl (C=O) groups excluding carboxylic acids is 1. The van der Waals surface area contributed by atoms with Gasteiger partial charge < -0.3 is 10.6 Å². The van der Waals surface area contributed by atoms with Crippen molar-refractivity contribution < 1.29 is 4.79 Å². The second-order valence-corrected chi connectivity index (χ2v) is 5.21. The van der Waals surface area contributed by atoms with Crippen LogP contribution in [0.1, 0.15) is 12.0 Å². The van der Waals surface area contributed by atoms with Crippen molar-refractivity contribution in [1.82, 2.24) is 4.90 Å². The first kappa shape index (κ1) is 14.3. The maximum Gasteiger partial charge on any atom is 0.241 e. The fraction of sp³-hybridized carbons (Fsp3) is 0.500. The number of halogens is 1. The fourth-order valence-corrected chi connectivity index (χ4v) is 2.88. The zero-order valence-corrected chi connectivity index (χ0v) is 11.7. The molecule has 1 amide bonds. The average Bonchev–Trinajstić information content (AvgIpc) is 2.95. The molecule has 0 bridgehead atoms. The van der Waals surface area contributed by atoms with Crippen molar-refractivity contribution in [1.29, 1.82) is 0 Å². The van der Waals surface area contributed by atoms with Crippen LogP contribution in [0, 0.1) is 0 Å². The summed E-state index contributed by atoms with van der Waals surface area (Å²) in [6.07, 6.45) is 1.98. The van der Waals surface area contributed by atoms with Crippen LogP contribution in [0.3, 0.4) is 0 Å². The topological polar surface area (TPSA) is 49.6 Å². The first-order valence-corrected chi connectivity index (χ1v) is 6.60. The minimum absolute atomic E-state index is 0. The van der Waals surface area contributed by atoms with Gasteiger partial charge in [-0.15, -0.1) is 12.4 Å². The van der Waals surface area contributed by atoms with Crippen LogP contribution in [0.5, 0.6) is 0 Å². The van der Waals surface area contributed by atoms with Crippen LogP contribution >= 0.6 is 12.4 Å². The lowest BCUT2D eigenvalue weighted by Crippen LogP contribution is -2.39. The van der Waals surface area contributed by atoms with Gasteiger partial charge in [-0.3, -0.25) is 9.69 Å². The van der Waals surface area contributed by atoms with E-state index in [-0.39, 0.29) is 24.4 Å². The molecule has 2 N–H and O–H groups in total. The molecule has 3 rings (SSSR count). The van der Waals surface area contributed by atoms with Gasteiger partial charge in [0.15, 0.2) is 0 Å². The Bertz CT molecular complexity index is 466. The molecule has 0 spiro atoms. The number of fused-ring (bicyclic) bond motifs is 1. The smallest absolute Gasteiger partial charge is 0.241 e. The number of rotatable bonds is 2.